The first-order valence-corrected chi connectivity index (χ1v) is 11.0. The van der Waals surface area contributed by atoms with E-state index in [1.165, 1.54) is 30.9 Å². The summed E-state index contributed by atoms with van der Waals surface area (Å²) in [5, 5.41) is 3.52. The summed E-state index contributed by atoms with van der Waals surface area (Å²) in [6, 6.07) is 9.63. The molecular weight excluding hydrogens is 448 g/mol. The van der Waals surface area contributed by atoms with E-state index in [2.05, 4.69) is 5.32 Å². The van der Waals surface area contributed by atoms with E-state index in [-0.39, 0.29) is 23.7 Å². The van der Waals surface area contributed by atoms with E-state index in [4.69, 9.17) is 14.2 Å². The molecule has 1 N–H and O–H groups in total. The fourth-order valence-corrected chi connectivity index (χ4v) is 4.33. The van der Waals surface area contributed by atoms with Crippen molar-refractivity contribution < 1.29 is 23.0 Å². The van der Waals surface area contributed by atoms with Gasteiger partial charge < -0.3 is 19.5 Å². The Kier molecular flexibility index (Phi) is 7.16. The van der Waals surface area contributed by atoms with Crippen molar-refractivity contribution in [2.75, 3.05) is 33.9 Å². The van der Waals surface area contributed by atoms with Crippen LogP contribution in [-0.2, 0) is 6.54 Å². The number of fused-ring (bicyclic) bond motifs is 1. The minimum absolute atomic E-state index is 0.0149. The molecule has 1 aliphatic rings. The Morgan fingerprint density at radius 3 is 2.44 bits per heavy atom. The van der Waals surface area contributed by atoms with Crippen molar-refractivity contribution in [3.8, 4) is 17.2 Å². The van der Waals surface area contributed by atoms with Gasteiger partial charge in [0.05, 0.1) is 31.7 Å². The molecule has 1 aromatic heterocycles. The van der Waals surface area contributed by atoms with Gasteiger partial charge in [0.15, 0.2) is 11.5 Å². The summed E-state index contributed by atoms with van der Waals surface area (Å²) in [6.45, 7) is 0.742. The highest BCUT2D eigenvalue weighted by molar-refractivity contribution is 5.80. The molecule has 0 atom stereocenters. The molecule has 182 valence electrons. The van der Waals surface area contributed by atoms with Gasteiger partial charge in [0, 0.05) is 6.04 Å². The van der Waals surface area contributed by atoms with E-state index < -0.39 is 24.3 Å². The molecule has 2 aromatic carbocycles. The van der Waals surface area contributed by atoms with Crippen molar-refractivity contribution in [1.29, 1.82) is 0 Å². The fourth-order valence-electron chi connectivity index (χ4n) is 4.33. The highest BCUT2D eigenvalue weighted by Gasteiger charge is 2.22. The fraction of sp³-hybridized carbons (Fsp3) is 0.417. The van der Waals surface area contributed by atoms with E-state index in [1.54, 1.807) is 28.8 Å². The molecule has 8 nitrogen and oxygen atoms in total. The zero-order valence-electron chi connectivity index (χ0n) is 19.1. The van der Waals surface area contributed by atoms with Gasteiger partial charge in [0.25, 0.3) is 12.0 Å². The lowest BCUT2D eigenvalue weighted by Crippen LogP contribution is -2.43. The van der Waals surface area contributed by atoms with E-state index in [1.807, 2.05) is 0 Å². The van der Waals surface area contributed by atoms with Crippen LogP contribution in [0, 0.1) is 0 Å². The number of methoxy groups -OCH3 is 2. The van der Waals surface area contributed by atoms with Crippen LogP contribution in [0.4, 0.5) is 8.78 Å². The number of halogens is 2. The van der Waals surface area contributed by atoms with Gasteiger partial charge in [-0.15, -0.1) is 0 Å². The highest BCUT2D eigenvalue weighted by atomic mass is 19.3. The molecular formula is C24H27F2N3O5. The summed E-state index contributed by atoms with van der Waals surface area (Å²) in [5.41, 5.74) is 0.218. The molecule has 0 spiro atoms. The van der Waals surface area contributed by atoms with Gasteiger partial charge in [-0.05, 0) is 61.8 Å². The molecule has 0 amide bonds. The zero-order valence-corrected chi connectivity index (χ0v) is 19.1. The van der Waals surface area contributed by atoms with E-state index in [0.717, 1.165) is 25.9 Å². The van der Waals surface area contributed by atoms with Gasteiger partial charge in [0.1, 0.15) is 12.4 Å². The Labute approximate surface area is 194 Å². The van der Waals surface area contributed by atoms with Gasteiger partial charge in [-0.3, -0.25) is 13.9 Å². The lowest BCUT2D eigenvalue weighted by Gasteiger charge is -2.27. The van der Waals surface area contributed by atoms with E-state index in [9.17, 15) is 18.4 Å². The maximum Gasteiger partial charge on any atom is 0.332 e. The van der Waals surface area contributed by atoms with Crippen LogP contribution < -0.4 is 30.8 Å². The molecule has 0 aliphatic carbocycles. The highest BCUT2D eigenvalue weighted by Crippen LogP contribution is 2.28. The Balaban J connectivity index is 1.86. The van der Waals surface area contributed by atoms with E-state index in [0.29, 0.717) is 22.6 Å². The average Bonchev–Trinajstić information content (AvgIpc) is 2.86. The first-order valence-electron chi connectivity index (χ1n) is 11.0. The Bertz CT molecular complexity index is 1280. The number of alkyl halides is 2. The Morgan fingerprint density at radius 2 is 1.76 bits per heavy atom. The number of nitrogens with zero attached hydrogens (tertiary/aromatic N) is 2. The molecule has 4 rings (SSSR count). The maximum atomic E-state index is 13.6. The second-order valence-electron chi connectivity index (χ2n) is 8.10. The van der Waals surface area contributed by atoms with Gasteiger partial charge >= 0.3 is 5.69 Å². The molecule has 2 heterocycles. The van der Waals surface area contributed by atoms with Gasteiger partial charge in [-0.25, -0.2) is 13.6 Å². The molecule has 1 aliphatic heterocycles. The van der Waals surface area contributed by atoms with Crippen molar-refractivity contribution in [2.24, 2.45) is 0 Å². The van der Waals surface area contributed by atoms with Crippen LogP contribution in [-0.4, -0.2) is 49.5 Å². The zero-order chi connectivity index (χ0) is 24.2. The third-order valence-corrected chi connectivity index (χ3v) is 5.98. The summed E-state index contributed by atoms with van der Waals surface area (Å²) < 4.78 is 43.8. The van der Waals surface area contributed by atoms with Gasteiger partial charge in [0.2, 0.25) is 0 Å². The molecule has 34 heavy (non-hydrogen) atoms. The number of benzene rings is 2. The molecule has 0 saturated carbocycles. The first kappa shape index (κ1) is 23.7. The smallest absolute Gasteiger partial charge is 0.332 e. The quantitative estimate of drug-likeness (QED) is 0.540. The number of ether oxygens (including phenoxy) is 3. The molecule has 10 heteroatoms. The van der Waals surface area contributed by atoms with Crippen molar-refractivity contribution in [2.45, 2.75) is 31.9 Å². The first-order chi connectivity index (χ1) is 16.4. The second kappa shape index (κ2) is 10.3. The number of hydrogen-bond donors (Lipinski definition) is 1. The van der Waals surface area contributed by atoms with Crippen LogP contribution in [0.3, 0.4) is 0 Å². The Hall–Kier alpha value is -3.40. The van der Waals surface area contributed by atoms with Crippen LogP contribution in [0.2, 0.25) is 0 Å². The third-order valence-electron chi connectivity index (χ3n) is 5.98. The minimum atomic E-state index is -2.64. The topological polar surface area (TPSA) is 83.7 Å². The number of piperidine rings is 1. The van der Waals surface area contributed by atoms with Crippen LogP contribution in [0.15, 0.2) is 46.0 Å². The number of aromatic nitrogens is 2. The maximum absolute atomic E-state index is 13.6. The predicted octanol–water partition coefficient (Wildman–Crippen LogP) is 2.80. The summed E-state index contributed by atoms with van der Waals surface area (Å²) in [4.78, 5) is 27.0. The monoisotopic (exact) mass is 475 g/mol. The molecule has 3 aromatic rings. The van der Waals surface area contributed by atoms with E-state index >= 15 is 0 Å². The SMILES string of the molecule is COc1ccc(Cn2c(=O)c3cc(OCC(F)F)ccc3n(C3CCNCC3)c2=O)cc1OC. The lowest BCUT2D eigenvalue weighted by atomic mass is 10.1. The van der Waals surface area contributed by atoms with Crippen LogP contribution in [0.5, 0.6) is 17.2 Å². The summed E-state index contributed by atoms with van der Waals surface area (Å²) in [5.74, 6) is 1.17. The molecule has 1 fully saturated rings. The van der Waals surface area contributed by atoms with Crippen molar-refractivity contribution >= 4 is 10.9 Å². The third kappa shape index (κ3) is 4.77. The standard InChI is InChI=1S/C24H27F2N3O5/c1-32-20-6-3-15(11-21(20)33-2)13-28-23(30)18-12-17(34-14-22(25)26)4-5-19(18)29(24(28)31)16-7-9-27-10-8-16/h3-6,11-12,16,22,27H,7-10,13-14H2,1-2H3. The number of hydrogen-bond acceptors (Lipinski definition) is 6. The molecule has 0 radical (unpaired) electrons. The second-order valence-corrected chi connectivity index (χ2v) is 8.10. The van der Waals surface area contributed by atoms with Crippen molar-refractivity contribution in [1.82, 2.24) is 14.5 Å². The van der Waals surface area contributed by atoms with Gasteiger partial charge in [-0.2, -0.15) is 0 Å². The lowest BCUT2D eigenvalue weighted by molar-refractivity contribution is 0.0819. The van der Waals surface area contributed by atoms with Crippen LogP contribution >= 0.6 is 0 Å². The van der Waals surface area contributed by atoms with Crippen molar-refractivity contribution in [3.05, 3.63) is 62.8 Å². The summed E-state index contributed by atoms with van der Waals surface area (Å²) in [6.07, 6.45) is -1.18. The van der Waals surface area contributed by atoms with Crippen LogP contribution in [0.1, 0.15) is 24.4 Å². The summed E-state index contributed by atoms with van der Waals surface area (Å²) >= 11 is 0. The minimum Gasteiger partial charge on any atom is -0.493 e. The average molecular weight is 475 g/mol. The van der Waals surface area contributed by atoms with Crippen LogP contribution in [0.25, 0.3) is 10.9 Å². The molecule has 1 saturated heterocycles. The largest absolute Gasteiger partial charge is 0.493 e. The normalized spacial score (nSPS) is 14.5. The Morgan fingerprint density at radius 1 is 1.03 bits per heavy atom. The summed E-state index contributed by atoms with van der Waals surface area (Å²) in [7, 11) is 3.03. The molecule has 0 unspecified atom stereocenters. The predicted molar refractivity (Wildman–Crippen MR) is 124 cm³/mol. The number of nitrogens with one attached hydrogen (secondary N) is 1. The molecule has 0 bridgehead atoms. The van der Waals surface area contributed by atoms with Gasteiger partial charge in [-0.1, -0.05) is 6.07 Å². The number of rotatable bonds is 8. The van der Waals surface area contributed by atoms with Crippen molar-refractivity contribution in [3.63, 3.8) is 0 Å².